The molecule has 0 bridgehead atoms. The van der Waals surface area contributed by atoms with Crippen molar-refractivity contribution >= 4 is 5.91 Å². The van der Waals surface area contributed by atoms with Crippen LogP contribution in [0.1, 0.15) is 64.8 Å². The molecule has 0 atom stereocenters. The maximum absolute atomic E-state index is 12.9. The van der Waals surface area contributed by atoms with Crippen LogP contribution in [0.2, 0.25) is 0 Å². The Labute approximate surface area is 225 Å². The molecule has 6 heteroatoms. The number of rotatable bonds is 8. The number of ether oxygens (including phenoxy) is 1. The highest BCUT2D eigenvalue weighted by Gasteiger charge is 2.20. The monoisotopic (exact) mass is 510 g/mol. The molecular formula is C32H38N4O2. The SMILES string of the molecule is CCn1nc(C)c(CCNC(=O)c2ccc(-n3c(-c4cccc(OC)c4)cc4c3CCCCC4)cc2)c1C. The van der Waals surface area contributed by atoms with E-state index in [0.29, 0.717) is 12.1 Å². The van der Waals surface area contributed by atoms with Crippen LogP contribution in [0.5, 0.6) is 5.75 Å². The van der Waals surface area contributed by atoms with E-state index >= 15 is 0 Å². The van der Waals surface area contributed by atoms with E-state index in [1.807, 2.05) is 35.9 Å². The van der Waals surface area contributed by atoms with Crippen molar-refractivity contribution in [3.8, 4) is 22.7 Å². The van der Waals surface area contributed by atoms with Crippen molar-refractivity contribution in [2.45, 2.75) is 65.8 Å². The Morgan fingerprint density at radius 2 is 1.82 bits per heavy atom. The number of nitrogens with one attached hydrogen (secondary N) is 1. The van der Waals surface area contributed by atoms with Crippen molar-refractivity contribution in [1.82, 2.24) is 19.7 Å². The zero-order valence-corrected chi connectivity index (χ0v) is 23.0. The normalized spacial score (nSPS) is 13.2. The van der Waals surface area contributed by atoms with E-state index in [9.17, 15) is 4.79 Å². The second kappa shape index (κ2) is 11.3. The minimum Gasteiger partial charge on any atom is -0.497 e. The lowest BCUT2D eigenvalue weighted by atomic mass is 10.1. The number of carbonyl (C=O) groups excluding carboxylic acids is 1. The van der Waals surface area contributed by atoms with Crippen LogP contribution in [0.25, 0.3) is 16.9 Å². The number of amides is 1. The van der Waals surface area contributed by atoms with Crippen LogP contribution in [0.15, 0.2) is 54.6 Å². The van der Waals surface area contributed by atoms with Crippen LogP contribution in [0, 0.1) is 13.8 Å². The molecule has 6 nitrogen and oxygen atoms in total. The van der Waals surface area contributed by atoms with Crippen molar-refractivity contribution in [2.75, 3.05) is 13.7 Å². The van der Waals surface area contributed by atoms with Crippen LogP contribution in [0.4, 0.5) is 0 Å². The standard InChI is InChI=1S/C32H38N4O2/c1-5-35-23(3)29(22(2)34-35)18-19-33-32(37)24-14-16-27(17-15-24)36-30-13-8-6-7-10-26(30)21-31(36)25-11-9-12-28(20-25)38-4/h9,11-12,14-17,20-21H,5-8,10,13,18-19H2,1-4H3,(H,33,37). The van der Waals surface area contributed by atoms with Crippen LogP contribution in [-0.2, 0) is 25.8 Å². The minimum atomic E-state index is -0.0471. The lowest BCUT2D eigenvalue weighted by molar-refractivity contribution is 0.0954. The Balaban J connectivity index is 1.37. The van der Waals surface area contributed by atoms with E-state index < -0.39 is 0 Å². The van der Waals surface area contributed by atoms with Gasteiger partial charge in [0.05, 0.1) is 18.5 Å². The lowest BCUT2D eigenvalue weighted by Crippen LogP contribution is -2.26. The van der Waals surface area contributed by atoms with Gasteiger partial charge in [-0.3, -0.25) is 9.48 Å². The van der Waals surface area contributed by atoms with Crippen LogP contribution in [-0.4, -0.2) is 33.9 Å². The summed E-state index contributed by atoms with van der Waals surface area (Å²) in [6.07, 6.45) is 6.64. The van der Waals surface area contributed by atoms with Gasteiger partial charge in [-0.1, -0.05) is 18.6 Å². The molecule has 2 aromatic carbocycles. The number of aromatic nitrogens is 3. The molecule has 2 aromatic heterocycles. The van der Waals surface area contributed by atoms with E-state index in [-0.39, 0.29) is 5.91 Å². The number of benzene rings is 2. The van der Waals surface area contributed by atoms with Crippen molar-refractivity contribution in [1.29, 1.82) is 0 Å². The Hall–Kier alpha value is -3.80. The Morgan fingerprint density at radius 1 is 1.03 bits per heavy atom. The number of hydrogen-bond acceptors (Lipinski definition) is 3. The van der Waals surface area contributed by atoms with E-state index in [2.05, 4.69) is 59.2 Å². The lowest BCUT2D eigenvalue weighted by Gasteiger charge is -2.15. The van der Waals surface area contributed by atoms with Gasteiger partial charge in [0.2, 0.25) is 0 Å². The summed E-state index contributed by atoms with van der Waals surface area (Å²) < 4.78 is 9.91. The summed E-state index contributed by atoms with van der Waals surface area (Å²) in [7, 11) is 1.71. The van der Waals surface area contributed by atoms with E-state index in [1.165, 1.54) is 47.5 Å². The molecule has 198 valence electrons. The molecule has 0 saturated carbocycles. The topological polar surface area (TPSA) is 61.1 Å². The molecule has 0 saturated heterocycles. The molecule has 0 unspecified atom stereocenters. The van der Waals surface area contributed by atoms with Crippen molar-refractivity contribution < 1.29 is 9.53 Å². The Kier molecular flexibility index (Phi) is 7.68. The average Bonchev–Trinajstić information content (AvgIpc) is 3.33. The second-order valence-electron chi connectivity index (χ2n) is 10.1. The molecule has 2 heterocycles. The van der Waals surface area contributed by atoms with Gasteiger partial charge >= 0.3 is 0 Å². The molecule has 0 aliphatic heterocycles. The second-order valence-corrected chi connectivity index (χ2v) is 10.1. The maximum atomic E-state index is 12.9. The summed E-state index contributed by atoms with van der Waals surface area (Å²) in [6, 6.07) is 18.6. The molecule has 1 aliphatic carbocycles. The molecule has 1 aliphatic rings. The van der Waals surface area contributed by atoms with Gasteiger partial charge in [-0.2, -0.15) is 5.10 Å². The first-order valence-electron chi connectivity index (χ1n) is 13.8. The fourth-order valence-corrected chi connectivity index (χ4v) is 5.73. The zero-order chi connectivity index (χ0) is 26.6. The summed E-state index contributed by atoms with van der Waals surface area (Å²) in [5.74, 6) is 0.805. The number of aryl methyl sites for hydroxylation is 3. The van der Waals surface area contributed by atoms with E-state index in [0.717, 1.165) is 48.5 Å². The zero-order valence-electron chi connectivity index (χ0n) is 23.0. The summed E-state index contributed by atoms with van der Waals surface area (Å²) in [5.41, 5.74) is 10.3. The van der Waals surface area contributed by atoms with E-state index in [1.54, 1.807) is 7.11 Å². The number of nitrogens with zero attached hydrogens (tertiary/aromatic N) is 3. The fourth-order valence-electron chi connectivity index (χ4n) is 5.73. The third kappa shape index (κ3) is 5.13. The Bertz CT molecular complexity index is 1430. The molecule has 0 radical (unpaired) electrons. The molecule has 1 amide bonds. The molecule has 0 spiro atoms. The van der Waals surface area contributed by atoms with E-state index in [4.69, 9.17) is 4.74 Å². The van der Waals surface area contributed by atoms with Crippen molar-refractivity contribution in [3.63, 3.8) is 0 Å². The highest BCUT2D eigenvalue weighted by molar-refractivity contribution is 5.94. The number of hydrogen-bond donors (Lipinski definition) is 1. The minimum absolute atomic E-state index is 0.0471. The molecule has 4 aromatic rings. The predicted molar refractivity (Wildman–Crippen MR) is 152 cm³/mol. The summed E-state index contributed by atoms with van der Waals surface area (Å²) >= 11 is 0. The third-order valence-corrected chi connectivity index (χ3v) is 7.80. The third-order valence-electron chi connectivity index (χ3n) is 7.80. The van der Waals surface area contributed by atoms with Gasteiger partial charge in [-0.05, 0) is 106 Å². The van der Waals surface area contributed by atoms with Gasteiger partial charge in [0.15, 0.2) is 0 Å². The van der Waals surface area contributed by atoms with Crippen LogP contribution < -0.4 is 10.1 Å². The number of methoxy groups -OCH3 is 1. The molecule has 38 heavy (non-hydrogen) atoms. The van der Waals surface area contributed by atoms with Crippen LogP contribution >= 0.6 is 0 Å². The highest BCUT2D eigenvalue weighted by atomic mass is 16.5. The number of fused-ring (bicyclic) bond motifs is 1. The largest absolute Gasteiger partial charge is 0.497 e. The summed E-state index contributed by atoms with van der Waals surface area (Å²) in [4.78, 5) is 12.9. The quantitative estimate of drug-likeness (QED) is 0.286. The first-order chi connectivity index (χ1) is 18.5. The van der Waals surface area contributed by atoms with Crippen molar-refractivity contribution in [3.05, 3.63) is 88.4 Å². The maximum Gasteiger partial charge on any atom is 0.251 e. The first kappa shape index (κ1) is 25.8. The van der Waals surface area contributed by atoms with Gasteiger partial charge < -0.3 is 14.6 Å². The smallest absolute Gasteiger partial charge is 0.251 e. The molecule has 5 rings (SSSR count). The molecule has 0 fully saturated rings. The number of carbonyl (C=O) groups is 1. The summed E-state index contributed by atoms with van der Waals surface area (Å²) in [6.45, 7) is 7.68. The van der Waals surface area contributed by atoms with Gasteiger partial charge in [-0.15, -0.1) is 0 Å². The molecule has 1 N–H and O–H groups in total. The predicted octanol–water partition coefficient (Wildman–Crippen LogP) is 6.23. The van der Waals surface area contributed by atoms with Crippen LogP contribution in [0.3, 0.4) is 0 Å². The van der Waals surface area contributed by atoms with Gasteiger partial charge in [-0.25, -0.2) is 0 Å². The van der Waals surface area contributed by atoms with Gasteiger partial charge in [0, 0.05) is 41.3 Å². The van der Waals surface area contributed by atoms with Gasteiger partial charge in [0.1, 0.15) is 5.75 Å². The highest BCUT2D eigenvalue weighted by Crippen LogP contribution is 2.34. The molecular weight excluding hydrogens is 472 g/mol. The van der Waals surface area contributed by atoms with Crippen molar-refractivity contribution in [2.24, 2.45) is 0 Å². The average molecular weight is 511 g/mol. The fraction of sp³-hybridized carbons (Fsp3) is 0.375. The summed E-state index contributed by atoms with van der Waals surface area (Å²) in [5, 5.41) is 7.68. The van der Waals surface area contributed by atoms with Gasteiger partial charge in [0.25, 0.3) is 5.91 Å². The first-order valence-corrected chi connectivity index (χ1v) is 13.8. The Morgan fingerprint density at radius 3 is 2.55 bits per heavy atom.